The lowest BCUT2D eigenvalue weighted by molar-refractivity contribution is 0.811. The first-order valence-electron chi connectivity index (χ1n) is 4.56. The Hall–Kier alpha value is -0.980. The molecule has 0 unspecified atom stereocenters. The third-order valence-electron chi connectivity index (χ3n) is 1.53. The van der Waals surface area contributed by atoms with Crippen molar-refractivity contribution < 1.29 is 0 Å². The Labute approximate surface area is 75.7 Å². The number of hydrogen-bond donors (Lipinski definition) is 1. The molecule has 0 aliphatic heterocycles. The Morgan fingerprint density at radius 1 is 1.33 bits per heavy atom. The third kappa shape index (κ3) is 7.13. The number of rotatable bonds is 5. The van der Waals surface area contributed by atoms with E-state index in [1.54, 1.807) is 0 Å². The van der Waals surface area contributed by atoms with Gasteiger partial charge in [0, 0.05) is 5.70 Å². The van der Waals surface area contributed by atoms with E-state index in [9.17, 15) is 0 Å². The second-order valence-electron chi connectivity index (χ2n) is 2.73. The SMILES string of the molecule is C\C=C/C=C\C(N)=C/CCCC. The van der Waals surface area contributed by atoms with Crippen molar-refractivity contribution in [2.75, 3.05) is 0 Å². The number of allylic oxidation sites excluding steroid dienone is 5. The van der Waals surface area contributed by atoms with Crippen LogP contribution >= 0.6 is 0 Å². The van der Waals surface area contributed by atoms with E-state index in [4.69, 9.17) is 5.73 Å². The molecule has 0 aromatic heterocycles. The summed E-state index contributed by atoms with van der Waals surface area (Å²) in [5.74, 6) is 0. The van der Waals surface area contributed by atoms with Gasteiger partial charge in [0.25, 0.3) is 0 Å². The van der Waals surface area contributed by atoms with Gasteiger partial charge < -0.3 is 5.73 Å². The van der Waals surface area contributed by atoms with Gasteiger partial charge in [0.15, 0.2) is 0 Å². The summed E-state index contributed by atoms with van der Waals surface area (Å²) in [6.45, 7) is 4.17. The lowest BCUT2D eigenvalue weighted by atomic mass is 10.2. The molecule has 1 heteroatoms. The van der Waals surface area contributed by atoms with Gasteiger partial charge in [-0.15, -0.1) is 0 Å². The fraction of sp³-hybridized carbons (Fsp3) is 0.455. The highest BCUT2D eigenvalue weighted by Gasteiger charge is 1.81. The zero-order valence-electron chi connectivity index (χ0n) is 8.09. The molecule has 0 radical (unpaired) electrons. The molecule has 12 heavy (non-hydrogen) atoms. The molecule has 0 spiro atoms. The monoisotopic (exact) mass is 165 g/mol. The maximum atomic E-state index is 5.70. The van der Waals surface area contributed by atoms with E-state index in [-0.39, 0.29) is 0 Å². The van der Waals surface area contributed by atoms with E-state index in [0.29, 0.717) is 0 Å². The Morgan fingerprint density at radius 3 is 2.67 bits per heavy atom. The van der Waals surface area contributed by atoms with Crippen LogP contribution in [0.1, 0.15) is 33.1 Å². The smallest absolute Gasteiger partial charge is 0.0273 e. The highest BCUT2D eigenvalue weighted by molar-refractivity contribution is 5.18. The predicted octanol–water partition coefficient (Wildman–Crippen LogP) is 3.15. The van der Waals surface area contributed by atoms with Gasteiger partial charge in [-0.25, -0.2) is 0 Å². The lowest BCUT2D eigenvalue weighted by Crippen LogP contribution is -1.91. The van der Waals surface area contributed by atoms with Crippen LogP contribution < -0.4 is 5.73 Å². The Balaban J connectivity index is 3.69. The molecule has 0 heterocycles. The third-order valence-corrected chi connectivity index (χ3v) is 1.53. The largest absolute Gasteiger partial charge is 0.399 e. The number of nitrogens with two attached hydrogens (primary N) is 1. The van der Waals surface area contributed by atoms with Gasteiger partial charge in [0.05, 0.1) is 0 Å². The Kier molecular flexibility index (Phi) is 7.46. The van der Waals surface area contributed by atoms with E-state index >= 15 is 0 Å². The van der Waals surface area contributed by atoms with Gasteiger partial charge in [-0.2, -0.15) is 0 Å². The molecule has 0 rings (SSSR count). The minimum absolute atomic E-state index is 0.863. The Bertz CT molecular complexity index is 175. The van der Waals surface area contributed by atoms with Crippen molar-refractivity contribution in [2.45, 2.75) is 33.1 Å². The highest BCUT2D eigenvalue weighted by Crippen LogP contribution is 1.98. The molecule has 0 saturated heterocycles. The van der Waals surface area contributed by atoms with Gasteiger partial charge in [-0.3, -0.25) is 0 Å². The van der Waals surface area contributed by atoms with E-state index in [2.05, 4.69) is 13.0 Å². The first kappa shape index (κ1) is 11.0. The average Bonchev–Trinajstić information content (AvgIpc) is 2.06. The second-order valence-corrected chi connectivity index (χ2v) is 2.73. The van der Waals surface area contributed by atoms with Crippen molar-refractivity contribution in [1.82, 2.24) is 0 Å². The number of hydrogen-bond acceptors (Lipinski definition) is 1. The summed E-state index contributed by atoms with van der Waals surface area (Å²) in [4.78, 5) is 0. The van der Waals surface area contributed by atoms with Crippen molar-refractivity contribution in [1.29, 1.82) is 0 Å². The predicted molar refractivity (Wildman–Crippen MR) is 55.7 cm³/mol. The molecule has 0 atom stereocenters. The molecule has 68 valence electrons. The van der Waals surface area contributed by atoms with E-state index in [1.165, 1.54) is 12.8 Å². The van der Waals surface area contributed by atoms with Crippen LogP contribution in [-0.4, -0.2) is 0 Å². The average molecular weight is 165 g/mol. The molecule has 0 aromatic rings. The first-order chi connectivity index (χ1) is 5.81. The second kappa shape index (κ2) is 8.12. The quantitative estimate of drug-likeness (QED) is 0.491. The summed E-state index contributed by atoms with van der Waals surface area (Å²) in [5, 5.41) is 0. The summed E-state index contributed by atoms with van der Waals surface area (Å²) < 4.78 is 0. The molecule has 2 N–H and O–H groups in total. The van der Waals surface area contributed by atoms with Crippen LogP contribution in [0.15, 0.2) is 36.1 Å². The summed E-state index contributed by atoms with van der Waals surface area (Å²) in [7, 11) is 0. The fourth-order valence-electron chi connectivity index (χ4n) is 0.819. The molecule has 0 amide bonds. The molecule has 0 aromatic carbocycles. The van der Waals surface area contributed by atoms with Crippen LogP contribution in [-0.2, 0) is 0 Å². The van der Waals surface area contributed by atoms with Gasteiger partial charge in [-0.05, 0) is 19.4 Å². The topological polar surface area (TPSA) is 26.0 Å². The molecule has 0 aliphatic rings. The van der Waals surface area contributed by atoms with Crippen molar-refractivity contribution in [2.24, 2.45) is 5.73 Å². The molecular formula is C11H19N. The van der Waals surface area contributed by atoms with Crippen molar-refractivity contribution in [3.63, 3.8) is 0 Å². The molecule has 0 saturated carbocycles. The van der Waals surface area contributed by atoms with Crippen LogP contribution in [0.2, 0.25) is 0 Å². The van der Waals surface area contributed by atoms with Crippen LogP contribution in [0.3, 0.4) is 0 Å². The zero-order chi connectivity index (χ0) is 9.23. The summed E-state index contributed by atoms with van der Waals surface area (Å²) >= 11 is 0. The first-order valence-corrected chi connectivity index (χ1v) is 4.56. The highest BCUT2D eigenvalue weighted by atomic mass is 14.5. The van der Waals surface area contributed by atoms with Crippen molar-refractivity contribution >= 4 is 0 Å². The summed E-state index contributed by atoms with van der Waals surface area (Å²) in [5.41, 5.74) is 6.56. The molecular weight excluding hydrogens is 146 g/mol. The minimum Gasteiger partial charge on any atom is -0.399 e. The van der Waals surface area contributed by atoms with Gasteiger partial charge in [0.2, 0.25) is 0 Å². The van der Waals surface area contributed by atoms with Gasteiger partial charge in [0.1, 0.15) is 0 Å². The molecule has 0 bridgehead atoms. The van der Waals surface area contributed by atoms with Crippen LogP contribution in [0, 0.1) is 0 Å². The van der Waals surface area contributed by atoms with Crippen LogP contribution in [0.25, 0.3) is 0 Å². The zero-order valence-corrected chi connectivity index (χ0v) is 8.09. The van der Waals surface area contributed by atoms with Crippen LogP contribution in [0.5, 0.6) is 0 Å². The van der Waals surface area contributed by atoms with Crippen molar-refractivity contribution in [3.8, 4) is 0 Å². The minimum atomic E-state index is 0.863. The van der Waals surface area contributed by atoms with Crippen LogP contribution in [0.4, 0.5) is 0 Å². The maximum absolute atomic E-state index is 5.70. The van der Waals surface area contributed by atoms with Crippen molar-refractivity contribution in [3.05, 3.63) is 36.1 Å². The molecule has 0 fully saturated rings. The molecule has 0 aliphatic carbocycles. The Morgan fingerprint density at radius 2 is 2.08 bits per heavy atom. The lowest BCUT2D eigenvalue weighted by Gasteiger charge is -1.92. The van der Waals surface area contributed by atoms with Gasteiger partial charge in [-0.1, -0.05) is 44.1 Å². The van der Waals surface area contributed by atoms with E-state index in [1.807, 2.05) is 31.2 Å². The van der Waals surface area contributed by atoms with Gasteiger partial charge >= 0.3 is 0 Å². The summed E-state index contributed by atoms with van der Waals surface area (Å²) in [6, 6.07) is 0. The molecule has 1 nitrogen and oxygen atoms in total. The standard InChI is InChI=1S/C11H19N/c1-3-5-7-9-11(12)10-8-6-4-2/h3,5,7,9-10H,4,6,8,12H2,1-2H3/b5-3-,9-7-,11-10+. The summed E-state index contributed by atoms with van der Waals surface area (Å²) in [6.07, 6.45) is 13.4. The maximum Gasteiger partial charge on any atom is 0.0273 e. The number of unbranched alkanes of at least 4 members (excludes halogenated alkanes) is 2. The van der Waals surface area contributed by atoms with E-state index < -0.39 is 0 Å². The normalized spacial score (nSPS) is 13.3. The fourth-order valence-corrected chi connectivity index (χ4v) is 0.819. The van der Waals surface area contributed by atoms with E-state index in [0.717, 1.165) is 12.1 Å².